The maximum Gasteiger partial charge on any atom is 0.0486 e. The molecule has 0 heterocycles. The fourth-order valence-corrected chi connectivity index (χ4v) is 3.02. The number of hydrogen-bond acceptors (Lipinski definition) is 1. The molecule has 0 amide bonds. The van der Waals surface area contributed by atoms with Crippen molar-refractivity contribution in [2.24, 2.45) is 5.41 Å². The quantitative estimate of drug-likeness (QED) is 0.819. The minimum absolute atomic E-state index is 0.497. The van der Waals surface area contributed by atoms with Crippen molar-refractivity contribution in [3.8, 4) is 0 Å². The van der Waals surface area contributed by atoms with E-state index in [0.29, 0.717) is 11.5 Å². The van der Waals surface area contributed by atoms with Gasteiger partial charge in [-0.2, -0.15) is 0 Å². The number of rotatable bonds is 2. The molecule has 1 aromatic carbocycles. The average molecular weight is 282 g/mol. The van der Waals surface area contributed by atoms with Crippen LogP contribution in [0.5, 0.6) is 0 Å². The van der Waals surface area contributed by atoms with E-state index in [0.717, 1.165) is 0 Å². The summed E-state index contributed by atoms with van der Waals surface area (Å²) < 4.78 is 1.17. The first kappa shape index (κ1) is 12.0. The summed E-state index contributed by atoms with van der Waals surface area (Å²) >= 11 is 3.59. The van der Waals surface area contributed by atoms with Gasteiger partial charge in [-0.05, 0) is 52.7 Å². The molecule has 1 saturated carbocycles. The smallest absolute Gasteiger partial charge is 0.0486 e. The third-order valence-electron chi connectivity index (χ3n) is 3.44. The minimum atomic E-state index is 0.497. The Morgan fingerprint density at radius 3 is 2.75 bits per heavy atom. The summed E-state index contributed by atoms with van der Waals surface area (Å²) in [5.41, 5.74) is 1.72. The molecule has 0 saturated heterocycles. The van der Waals surface area contributed by atoms with E-state index in [4.69, 9.17) is 0 Å². The molecule has 1 aliphatic rings. The molecule has 1 nitrogen and oxygen atoms in total. The molecule has 1 aliphatic carbocycles. The van der Waals surface area contributed by atoms with E-state index in [1.54, 1.807) is 0 Å². The molecule has 0 bridgehead atoms. The Kier molecular flexibility index (Phi) is 3.58. The zero-order chi connectivity index (χ0) is 11.6. The van der Waals surface area contributed by atoms with Crippen LogP contribution in [0.25, 0.3) is 0 Å². The van der Waals surface area contributed by atoms with Gasteiger partial charge in [0.1, 0.15) is 0 Å². The van der Waals surface area contributed by atoms with Crippen LogP contribution < -0.4 is 5.32 Å². The summed E-state index contributed by atoms with van der Waals surface area (Å²) in [7, 11) is 0. The Bertz CT molecular complexity index is 360. The standard InChI is InChI=1S/C14H20BrN/c1-14(2)9-5-6-11(10-14)16-13-8-4-3-7-12(13)15/h3-4,7-8,11,16H,5-6,9-10H2,1-2H3. The predicted molar refractivity (Wildman–Crippen MR) is 73.8 cm³/mol. The van der Waals surface area contributed by atoms with Crippen molar-refractivity contribution in [1.29, 1.82) is 0 Å². The van der Waals surface area contributed by atoms with E-state index in [1.165, 1.54) is 35.8 Å². The van der Waals surface area contributed by atoms with Crippen LogP contribution in [0, 0.1) is 5.41 Å². The molecule has 16 heavy (non-hydrogen) atoms. The number of nitrogens with one attached hydrogen (secondary N) is 1. The summed E-state index contributed by atoms with van der Waals surface area (Å²) in [6, 6.07) is 9.01. The summed E-state index contributed by atoms with van der Waals surface area (Å²) in [5, 5.41) is 3.66. The Balaban J connectivity index is 2.02. The molecule has 2 heteroatoms. The minimum Gasteiger partial charge on any atom is -0.381 e. The van der Waals surface area contributed by atoms with E-state index in [2.05, 4.69) is 59.4 Å². The van der Waals surface area contributed by atoms with E-state index in [1.807, 2.05) is 0 Å². The SMILES string of the molecule is CC1(C)CCCC(Nc2ccccc2Br)C1. The second-order valence-electron chi connectivity index (χ2n) is 5.58. The summed E-state index contributed by atoms with van der Waals surface area (Å²) in [6.07, 6.45) is 5.27. The number of para-hydroxylation sites is 1. The first-order valence-corrected chi connectivity index (χ1v) is 6.87. The monoisotopic (exact) mass is 281 g/mol. The van der Waals surface area contributed by atoms with Crippen LogP contribution in [-0.4, -0.2) is 6.04 Å². The van der Waals surface area contributed by atoms with Crippen LogP contribution in [0.15, 0.2) is 28.7 Å². The molecule has 1 fully saturated rings. The lowest BCUT2D eigenvalue weighted by Gasteiger charge is -2.36. The lowest BCUT2D eigenvalue weighted by Crippen LogP contribution is -2.31. The molecule has 1 N–H and O–H groups in total. The van der Waals surface area contributed by atoms with Gasteiger partial charge in [0.15, 0.2) is 0 Å². The molecule has 0 spiro atoms. The van der Waals surface area contributed by atoms with Crippen LogP contribution in [0.1, 0.15) is 39.5 Å². The van der Waals surface area contributed by atoms with Crippen molar-refractivity contribution in [1.82, 2.24) is 0 Å². The summed E-state index contributed by atoms with van der Waals surface area (Å²) in [6.45, 7) is 4.75. The van der Waals surface area contributed by atoms with E-state index in [-0.39, 0.29) is 0 Å². The maximum atomic E-state index is 3.66. The molecule has 1 unspecified atom stereocenters. The van der Waals surface area contributed by atoms with Crippen LogP contribution in [0.4, 0.5) is 5.69 Å². The van der Waals surface area contributed by atoms with Gasteiger partial charge in [-0.3, -0.25) is 0 Å². The van der Waals surface area contributed by atoms with Crippen LogP contribution in [0.2, 0.25) is 0 Å². The fraction of sp³-hybridized carbons (Fsp3) is 0.571. The van der Waals surface area contributed by atoms with Gasteiger partial charge in [0, 0.05) is 16.2 Å². The third-order valence-corrected chi connectivity index (χ3v) is 4.13. The van der Waals surface area contributed by atoms with Gasteiger partial charge in [0.25, 0.3) is 0 Å². The van der Waals surface area contributed by atoms with Gasteiger partial charge < -0.3 is 5.32 Å². The fourth-order valence-electron chi connectivity index (χ4n) is 2.62. The molecule has 0 radical (unpaired) electrons. The van der Waals surface area contributed by atoms with Gasteiger partial charge in [-0.15, -0.1) is 0 Å². The predicted octanol–water partition coefficient (Wildman–Crippen LogP) is 4.83. The van der Waals surface area contributed by atoms with Crippen molar-refractivity contribution in [2.75, 3.05) is 5.32 Å². The summed E-state index contributed by atoms with van der Waals surface area (Å²) in [4.78, 5) is 0. The molecule has 88 valence electrons. The molecule has 2 rings (SSSR count). The van der Waals surface area contributed by atoms with Gasteiger partial charge in [-0.25, -0.2) is 0 Å². The largest absolute Gasteiger partial charge is 0.381 e. The van der Waals surface area contributed by atoms with E-state index >= 15 is 0 Å². The van der Waals surface area contributed by atoms with Crippen molar-refractivity contribution in [3.05, 3.63) is 28.7 Å². The Labute approximate surface area is 107 Å². The second-order valence-corrected chi connectivity index (χ2v) is 6.44. The third kappa shape index (κ3) is 3.00. The average Bonchev–Trinajstić information content (AvgIpc) is 2.20. The van der Waals surface area contributed by atoms with Crippen LogP contribution in [0.3, 0.4) is 0 Å². The van der Waals surface area contributed by atoms with Gasteiger partial charge in [-0.1, -0.05) is 32.4 Å². The Morgan fingerprint density at radius 2 is 2.06 bits per heavy atom. The number of hydrogen-bond donors (Lipinski definition) is 1. The highest BCUT2D eigenvalue weighted by Gasteiger charge is 2.27. The highest BCUT2D eigenvalue weighted by molar-refractivity contribution is 9.10. The molecular formula is C14H20BrN. The molecule has 0 aliphatic heterocycles. The zero-order valence-electron chi connectivity index (χ0n) is 10.1. The topological polar surface area (TPSA) is 12.0 Å². The number of halogens is 1. The van der Waals surface area contributed by atoms with Crippen molar-refractivity contribution in [3.63, 3.8) is 0 Å². The molecule has 1 aromatic rings. The summed E-state index contributed by atoms with van der Waals surface area (Å²) in [5.74, 6) is 0. The number of benzene rings is 1. The van der Waals surface area contributed by atoms with Crippen LogP contribution >= 0.6 is 15.9 Å². The van der Waals surface area contributed by atoms with E-state index < -0.39 is 0 Å². The first-order valence-electron chi connectivity index (χ1n) is 6.08. The second kappa shape index (κ2) is 4.79. The molecule has 0 aromatic heterocycles. The van der Waals surface area contributed by atoms with Crippen LogP contribution in [-0.2, 0) is 0 Å². The van der Waals surface area contributed by atoms with Crippen molar-refractivity contribution < 1.29 is 0 Å². The normalized spacial score (nSPS) is 24.1. The maximum absolute atomic E-state index is 3.66. The number of anilines is 1. The molecular weight excluding hydrogens is 262 g/mol. The highest BCUT2D eigenvalue weighted by atomic mass is 79.9. The Morgan fingerprint density at radius 1 is 1.31 bits per heavy atom. The van der Waals surface area contributed by atoms with Crippen molar-refractivity contribution in [2.45, 2.75) is 45.6 Å². The molecule has 1 atom stereocenters. The van der Waals surface area contributed by atoms with Gasteiger partial charge >= 0.3 is 0 Å². The van der Waals surface area contributed by atoms with Gasteiger partial charge in [0.05, 0.1) is 0 Å². The first-order chi connectivity index (χ1) is 7.57. The van der Waals surface area contributed by atoms with Gasteiger partial charge in [0.2, 0.25) is 0 Å². The zero-order valence-corrected chi connectivity index (χ0v) is 11.7. The van der Waals surface area contributed by atoms with E-state index in [9.17, 15) is 0 Å². The lowest BCUT2D eigenvalue weighted by atomic mass is 9.75. The van der Waals surface area contributed by atoms with Crippen molar-refractivity contribution >= 4 is 21.6 Å². The lowest BCUT2D eigenvalue weighted by molar-refractivity contribution is 0.229. The highest BCUT2D eigenvalue weighted by Crippen LogP contribution is 2.37. The Hall–Kier alpha value is -0.500.